The van der Waals surface area contributed by atoms with Gasteiger partial charge in [0.05, 0.1) is 6.42 Å². The molecule has 0 spiro atoms. The van der Waals surface area contributed by atoms with Crippen LogP contribution < -0.4 is 5.32 Å². The number of anilines is 1. The molecule has 0 radical (unpaired) electrons. The van der Waals surface area contributed by atoms with Gasteiger partial charge >= 0.3 is 5.97 Å². The van der Waals surface area contributed by atoms with E-state index in [1.165, 1.54) is 12.4 Å². The summed E-state index contributed by atoms with van der Waals surface area (Å²) < 4.78 is 5.09. The molecule has 6 nitrogen and oxygen atoms in total. The van der Waals surface area contributed by atoms with Crippen LogP contribution in [0.1, 0.15) is 33.6 Å². The van der Waals surface area contributed by atoms with E-state index in [4.69, 9.17) is 4.74 Å². The molecule has 0 saturated heterocycles. The summed E-state index contributed by atoms with van der Waals surface area (Å²) in [7, 11) is 0. The van der Waals surface area contributed by atoms with Crippen molar-refractivity contribution in [3.63, 3.8) is 0 Å². The van der Waals surface area contributed by atoms with E-state index < -0.39 is 11.6 Å². The normalized spacial score (nSPS) is 10.8. The highest BCUT2D eigenvalue weighted by atomic mass is 16.6. The van der Waals surface area contributed by atoms with Gasteiger partial charge in [0, 0.05) is 18.8 Å². The summed E-state index contributed by atoms with van der Waals surface area (Å²) in [5.74, 6) is -0.481. The average Bonchev–Trinajstić information content (AvgIpc) is 2.25. The number of amides is 1. The Kier molecular flexibility index (Phi) is 4.76. The quantitative estimate of drug-likeness (QED) is 0.821. The summed E-state index contributed by atoms with van der Waals surface area (Å²) in [5.41, 5.74) is -0.532. The van der Waals surface area contributed by atoms with Crippen molar-refractivity contribution in [3.8, 4) is 0 Å². The molecule has 0 aliphatic heterocycles. The van der Waals surface area contributed by atoms with E-state index in [9.17, 15) is 9.59 Å². The van der Waals surface area contributed by atoms with Crippen molar-refractivity contribution in [1.82, 2.24) is 9.97 Å². The summed E-state index contributed by atoms with van der Waals surface area (Å²) in [6.07, 6.45) is 3.13. The molecule has 0 aliphatic carbocycles. The zero-order valence-electron chi connectivity index (χ0n) is 10.8. The average molecular weight is 251 g/mol. The van der Waals surface area contributed by atoms with E-state index in [0.717, 1.165) is 0 Å². The van der Waals surface area contributed by atoms with Crippen molar-refractivity contribution in [3.05, 3.63) is 18.5 Å². The van der Waals surface area contributed by atoms with Crippen LogP contribution in [-0.4, -0.2) is 27.4 Å². The Bertz CT molecular complexity index is 412. The van der Waals surface area contributed by atoms with Gasteiger partial charge in [0.2, 0.25) is 11.9 Å². The highest BCUT2D eigenvalue weighted by Gasteiger charge is 2.17. The highest BCUT2D eigenvalue weighted by Crippen LogP contribution is 2.09. The van der Waals surface area contributed by atoms with Gasteiger partial charge in [-0.15, -0.1) is 0 Å². The van der Waals surface area contributed by atoms with Crippen LogP contribution >= 0.6 is 0 Å². The van der Waals surface area contributed by atoms with Gasteiger partial charge in [0.25, 0.3) is 0 Å². The second-order valence-corrected chi connectivity index (χ2v) is 4.71. The second kappa shape index (κ2) is 6.09. The number of carbonyl (C=O) groups is 2. The molecule has 0 unspecified atom stereocenters. The zero-order chi connectivity index (χ0) is 13.6. The maximum atomic E-state index is 11.5. The molecule has 1 aromatic rings. The molecular weight excluding hydrogens is 234 g/mol. The largest absolute Gasteiger partial charge is 0.460 e. The van der Waals surface area contributed by atoms with E-state index in [-0.39, 0.29) is 24.7 Å². The number of hydrogen-bond donors (Lipinski definition) is 1. The molecule has 98 valence electrons. The first kappa shape index (κ1) is 14.1. The lowest BCUT2D eigenvalue weighted by Gasteiger charge is -2.19. The fourth-order valence-corrected chi connectivity index (χ4v) is 1.16. The van der Waals surface area contributed by atoms with Gasteiger partial charge in [-0.1, -0.05) is 0 Å². The Morgan fingerprint density at radius 3 is 2.39 bits per heavy atom. The molecule has 0 saturated carbocycles. The molecule has 0 atom stereocenters. The van der Waals surface area contributed by atoms with Gasteiger partial charge in [-0.3, -0.25) is 14.9 Å². The summed E-state index contributed by atoms with van der Waals surface area (Å²) in [5, 5.41) is 2.49. The van der Waals surface area contributed by atoms with Crippen molar-refractivity contribution in [2.75, 3.05) is 5.32 Å². The fourth-order valence-electron chi connectivity index (χ4n) is 1.16. The highest BCUT2D eigenvalue weighted by molar-refractivity contribution is 5.91. The minimum absolute atomic E-state index is 0.0376. The summed E-state index contributed by atoms with van der Waals surface area (Å²) in [6, 6.07) is 1.65. The third-order valence-electron chi connectivity index (χ3n) is 1.79. The van der Waals surface area contributed by atoms with E-state index in [2.05, 4.69) is 15.3 Å². The predicted octanol–water partition coefficient (Wildman–Crippen LogP) is 1.54. The van der Waals surface area contributed by atoms with Crippen LogP contribution in [0.15, 0.2) is 18.5 Å². The van der Waals surface area contributed by atoms with Crippen molar-refractivity contribution in [1.29, 1.82) is 0 Å². The molecule has 18 heavy (non-hydrogen) atoms. The van der Waals surface area contributed by atoms with E-state index in [0.29, 0.717) is 0 Å². The zero-order valence-corrected chi connectivity index (χ0v) is 10.8. The lowest BCUT2D eigenvalue weighted by Crippen LogP contribution is -2.24. The first-order valence-corrected chi connectivity index (χ1v) is 5.65. The Morgan fingerprint density at radius 2 is 1.83 bits per heavy atom. The number of hydrogen-bond acceptors (Lipinski definition) is 5. The van der Waals surface area contributed by atoms with Crippen molar-refractivity contribution >= 4 is 17.8 Å². The lowest BCUT2D eigenvalue weighted by atomic mass is 10.2. The topological polar surface area (TPSA) is 81.2 Å². The maximum Gasteiger partial charge on any atom is 0.306 e. The Morgan fingerprint density at radius 1 is 1.22 bits per heavy atom. The smallest absolute Gasteiger partial charge is 0.306 e. The first-order chi connectivity index (χ1) is 8.37. The number of nitrogens with one attached hydrogen (secondary N) is 1. The van der Waals surface area contributed by atoms with Gasteiger partial charge in [-0.2, -0.15) is 0 Å². The van der Waals surface area contributed by atoms with Crippen molar-refractivity contribution < 1.29 is 14.3 Å². The third-order valence-corrected chi connectivity index (χ3v) is 1.79. The van der Waals surface area contributed by atoms with Crippen LogP contribution in [0.25, 0.3) is 0 Å². The monoisotopic (exact) mass is 251 g/mol. The van der Waals surface area contributed by atoms with Crippen LogP contribution in [-0.2, 0) is 14.3 Å². The van der Waals surface area contributed by atoms with Gasteiger partial charge in [0.1, 0.15) is 5.60 Å². The van der Waals surface area contributed by atoms with Gasteiger partial charge in [-0.05, 0) is 26.8 Å². The summed E-state index contributed by atoms with van der Waals surface area (Å²) in [4.78, 5) is 30.6. The SMILES string of the molecule is CC(C)(C)OC(=O)CCC(=O)Nc1ncccn1. The third kappa shape index (κ3) is 5.93. The number of nitrogens with zero attached hydrogens (tertiary/aromatic N) is 2. The molecule has 1 heterocycles. The molecule has 1 amide bonds. The van der Waals surface area contributed by atoms with E-state index in [1.54, 1.807) is 26.8 Å². The van der Waals surface area contributed by atoms with Crippen LogP contribution in [0.3, 0.4) is 0 Å². The van der Waals surface area contributed by atoms with E-state index >= 15 is 0 Å². The standard InChI is InChI=1S/C12H17N3O3/c1-12(2,3)18-10(17)6-5-9(16)15-11-13-7-4-8-14-11/h4,7-8H,5-6H2,1-3H3,(H,13,14,15,16). The minimum atomic E-state index is -0.532. The molecular formula is C12H17N3O3. The van der Waals surface area contributed by atoms with Crippen molar-refractivity contribution in [2.24, 2.45) is 0 Å². The first-order valence-electron chi connectivity index (χ1n) is 5.65. The number of carbonyl (C=O) groups excluding carboxylic acids is 2. The number of ether oxygens (including phenoxy) is 1. The molecule has 1 rings (SSSR count). The number of rotatable bonds is 4. The Labute approximate surface area is 106 Å². The molecule has 1 aromatic heterocycles. The van der Waals surface area contributed by atoms with Crippen LogP contribution in [0.4, 0.5) is 5.95 Å². The fraction of sp³-hybridized carbons (Fsp3) is 0.500. The predicted molar refractivity (Wildman–Crippen MR) is 65.7 cm³/mol. The lowest BCUT2D eigenvalue weighted by molar-refractivity contribution is -0.155. The number of esters is 1. The van der Waals surface area contributed by atoms with E-state index in [1.807, 2.05) is 0 Å². The molecule has 0 bridgehead atoms. The van der Waals surface area contributed by atoms with Crippen LogP contribution in [0.5, 0.6) is 0 Å². The van der Waals surface area contributed by atoms with Gasteiger partial charge in [0.15, 0.2) is 0 Å². The minimum Gasteiger partial charge on any atom is -0.460 e. The summed E-state index contributed by atoms with van der Waals surface area (Å²) in [6.45, 7) is 5.34. The Balaban J connectivity index is 2.32. The van der Waals surface area contributed by atoms with Crippen LogP contribution in [0, 0.1) is 0 Å². The molecule has 1 N–H and O–H groups in total. The molecule has 0 aromatic carbocycles. The Hall–Kier alpha value is -1.98. The molecule has 0 aliphatic rings. The summed E-state index contributed by atoms with van der Waals surface area (Å²) >= 11 is 0. The molecule has 6 heteroatoms. The van der Waals surface area contributed by atoms with Crippen molar-refractivity contribution in [2.45, 2.75) is 39.2 Å². The van der Waals surface area contributed by atoms with Gasteiger partial charge in [-0.25, -0.2) is 9.97 Å². The molecule has 0 fully saturated rings. The maximum absolute atomic E-state index is 11.5. The van der Waals surface area contributed by atoms with Gasteiger partial charge < -0.3 is 4.74 Å². The van der Waals surface area contributed by atoms with Crippen LogP contribution in [0.2, 0.25) is 0 Å². The number of aromatic nitrogens is 2. The second-order valence-electron chi connectivity index (χ2n) is 4.71.